The maximum absolute atomic E-state index is 4.74. The molecule has 0 atom stereocenters. The van der Waals surface area contributed by atoms with Gasteiger partial charge in [0.05, 0.1) is 11.4 Å². The van der Waals surface area contributed by atoms with Gasteiger partial charge in [0, 0.05) is 31.0 Å². The molecule has 4 heteroatoms. The van der Waals surface area contributed by atoms with Crippen molar-refractivity contribution in [2.45, 2.75) is 43.3 Å². The lowest BCUT2D eigenvalue weighted by Crippen LogP contribution is -2.28. The minimum absolute atomic E-state index is 0.711. The fraction of sp³-hybridized carbons (Fsp3) is 0.667. The van der Waals surface area contributed by atoms with Crippen molar-refractivity contribution in [1.29, 1.82) is 0 Å². The fourth-order valence-electron chi connectivity index (χ4n) is 2.46. The van der Waals surface area contributed by atoms with Crippen molar-refractivity contribution >= 4 is 11.8 Å². The molecule has 0 bridgehead atoms. The Hall–Kier alpha value is -0.610. The third-order valence-corrected chi connectivity index (χ3v) is 4.17. The normalized spacial score (nSPS) is 20.3. The van der Waals surface area contributed by atoms with Crippen molar-refractivity contribution in [1.82, 2.24) is 15.3 Å². The molecule has 1 saturated carbocycles. The molecule has 1 aliphatic heterocycles. The van der Waals surface area contributed by atoms with Crippen LogP contribution in [0.15, 0.2) is 5.16 Å². The lowest BCUT2D eigenvalue weighted by atomic mass is 9.80. The van der Waals surface area contributed by atoms with Gasteiger partial charge >= 0.3 is 0 Å². The van der Waals surface area contributed by atoms with Gasteiger partial charge in [0.25, 0.3) is 0 Å². The van der Waals surface area contributed by atoms with Gasteiger partial charge in [-0.3, -0.25) is 0 Å². The number of hydrogen-bond donors (Lipinski definition) is 1. The van der Waals surface area contributed by atoms with Gasteiger partial charge < -0.3 is 5.32 Å². The summed E-state index contributed by atoms with van der Waals surface area (Å²) in [4.78, 5) is 9.38. The topological polar surface area (TPSA) is 37.8 Å². The number of thioether (sulfide) groups is 1. The van der Waals surface area contributed by atoms with Crippen LogP contribution in [0.2, 0.25) is 0 Å². The molecule has 0 radical (unpaired) electrons. The van der Waals surface area contributed by atoms with E-state index in [0.29, 0.717) is 5.92 Å². The lowest BCUT2D eigenvalue weighted by Gasteiger charge is -2.29. The van der Waals surface area contributed by atoms with Crippen LogP contribution in [0.25, 0.3) is 0 Å². The number of aromatic nitrogens is 2. The van der Waals surface area contributed by atoms with Gasteiger partial charge in [-0.15, -0.1) is 0 Å². The van der Waals surface area contributed by atoms with Crippen LogP contribution >= 0.6 is 11.8 Å². The molecule has 0 saturated heterocycles. The molecular weight excluding hydrogens is 218 g/mol. The highest BCUT2D eigenvalue weighted by Crippen LogP contribution is 2.38. The minimum Gasteiger partial charge on any atom is -0.312 e. The molecule has 2 heterocycles. The van der Waals surface area contributed by atoms with E-state index in [4.69, 9.17) is 4.98 Å². The third kappa shape index (κ3) is 1.74. The van der Waals surface area contributed by atoms with Crippen LogP contribution in [-0.4, -0.2) is 22.8 Å². The maximum atomic E-state index is 4.74. The highest BCUT2D eigenvalue weighted by molar-refractivity contribution is 7.98. The standard InChI is InChI=1S/C12H17N3S/c1-16-12-14-10-5-6-13-7-9(10)11(15-12)8-3-2-4-8/h8,13H,2-7H2,1H3. The van der Waals surface area contributed by atoms with Crippen LogP contribution in [-0.2, 0) is 13.0 Å². The van der Waals surface area contributed by atoms with Crippen molar-refractivity contribution in [3.63, 3.8) is 0 Å². The summed E-state index contributed by atoms with van der Waals surface area (Å²) in [6, 6.07) is 0. The fourth-order valence-corrected chi connectivity index (χ4v) is 2.85. The van der Waals surface area contributed by atoms with Gasteiger partial charge in [-0.2, -0.15) is 0 Å². The van der Waals surface area contributed by atoms with Crippen LogP contribution in [0, 0.1) is 0 Å². The Morgan fingerprint density at radius 1 is 1.31 bits per heavy atom. The SMILES string of the molecule is CSc1nc2c(c(C3CCC3)n1)CNCC2. The molecule has 0 unspecified atom stereocenters. The molecular formula is C12H17N3S. The van der Waals surface area contributed by atoms with Crippen LogP contribution in [0.3, 0.4) is 0 Å². The zero-order chi connectivity index (χ0) is 11.0. The van der Waals surface area contributed by atoms with Crippen molar-refractivity contribution in [2.24, 2.45) is 0 Å². The first-order chi connectivity index (χ1) is 7.88. The molecule has 0 aromatic carbocycles. The number of rotatable bonds is 2. The van der Waals surface area contributed by atoms with E-state index in [-0.39, 0.29) is 0 Å². The average Bonchev–Trinajstić information content (AvgIpc) is 2.26. The molecule has 0 amide bonds. The van der Waals surface area contributed by atoms with E-state index in [0.717, 1.165) is 24.7 Å². The molecule has 1 aliphatic carbocycles. The van der Waals surface area contributed by atoms with Gasteiger partial charge in [-0.25, -0.2) is 9.97 Å². The van der Waals surface area contributed by atoms with E-state index < -0.39 is 0 Å². The smallest absolute Gasteiger partial charge is 0.187 e. The zero-order valence-electron chi connectivity index (χ0n) is 9.62. The van der Waals surface area contributed by atoms with E-state index in [9.17, 15) is 0 Å². The molecule has 0 spiro atoms. The van der Waals surface area contributed by atoms with Crippen LogP contribution < -0.4 is 5.32 Å². The Balaban J connectivity index is 2.05. The van der Waals surface area contributed by atoms with Crippen LogP contribution in [0.4, 0.5) is 0 Å². The van der Waals surface area contributed by atoms with Gasteiger partial charge in [-0.05, 0) is 19.1 Å². The average molecular weight is 235 g/mol. The number of hydrogen-bond acceptors (Lipinski definition) is 4. The first-order valence-electron chi connectivity index (χ1n) is 6.03. The van der Waals surface area contributed by atoms with Crippen molar-refractivity contribution in [3.8, 4) is 0 Å². The molecule has 2 aliphatic rings. The van der Waals surface area contributed by atoms with E-state index in [2.05, 4.69) is 16.6 Å². The molecule has 86 valence electrons. The molecule has 1 fully saturated rings. The van der Waals surface area contributed by atoms with Crippen LogP contribution in [0.5, 0.6) is 0 Å². The summed E-state index contributed by atoms with van der Waals surface area (Å²) in [6.07, 6.45) is 7.12. The summed E-state index contributed by atoms with van der Waals surface area (Å²) in [6.45, 7) is 2.03. The van der Waals surface area contributed by atoms with Crippen LogP contribution in [0.1, 0.15) is 42.1 Å². The predicted octanol–water partition coefficient (Wildman–Crippen LogP) is 2.11. The number of nitrogens with zero attached hydrogens (tertiary/aromatic N) is 2. The Kier molecular flexibility index (Phi) is 2.86. The maximum Gasteiger partial charge on any atom is 0.187 e. The number of nitrogens with one attached hydrogen (secondary N) is 1. The summed E-state index contributed by atoms with van der Waals surface area (Å²) >= 11 is 1.67. The molecule has 1 aromatic rings. The van der Waals surface area contributed by atoms with Crippen molar-refractivity contribution in [3.05, 3.63) is 17.0 Å². The Morgan fingerprint density at radius 3 is 2.88 bits per heavy atom. The van der Waals surface area contributed by atoms with E-state index in [1.807, 2.05) is 0 Å². The van der Waals surface area contributed by atoms with Gasteiger partial charge in [0.1, 0.15) is 0 Å². The summed E-state index contributed by atoms with van der Waals surface area (Å²) in [7, 11) is 0. The second kappa shape index (κ2) is 4.34. The van der Waals surface area contributed by atoms with E-state index in [1.54, 1.807) is 11.8 Å². The Bertz CT molecular complexity index is 401. The molecule has 3 rings (SSSR count). The third-order valence-electron chi connectivity index (χ3n) is 3.62. The number of fused-ring (bicyclic) bond motifs is 1. The van der Waals surface area contributed by atoms with Gasteiger partial charge in [0.2, 0.25) is 0 Å². The van der Waals surface area contributed by atoms with E-state index in [1.165, 1.54) is 36.2 Å². The quantitative estimate of drug-likeness (QED) is 0.629. The summed E-state index contributed by atoms with van der Waals surface area (Å²) in [5, 5.41) is 4.40. The molecule has 1 aromatic heterocycles. The first-order valence-corrected chi connectivity index (χ1v) is 7.25. The predicted molar refractivity (Wildman–Crippen MR) is 65.8 cm³/mol. The highest BCUT2D eigenvalue weighted by atomic mass is 32.2. The van der Waals surface area contributed by atoms with E-state index >= 15 is 0 Å². The molecule has 3 nitrogen and oxygen atoms in total. The molecule has 1 N–H and O–H groups in total. The Labute approximate surface area is 100 Å². The Morgan fingerprint density at radius 2 is 2.19 bits per heavy atom. The zero-order valence-corrected chi connectivity index (χ0v) is 10.4. The summed E-state index contributed by atoms with van der Waals surface area (Å²) in [5.41, 5.74) is 4.03. The summed E-state index contributed by atoms with van der Waals surface area (Å²) < 4.78 is 0. The highest BCUT2D eigenvalue weighted by Gasteiger charge is 2.27. The van der Waals surface area contributed by atoms with Gasteiger partial charge in [-0.1, -0.05) is 18.2 Å². The second-order valence-corrected chi connectivity index (χ2v) is 5.35. The second-order valence-electron chi connectivity index (χ2n) is 4.58. The monoisotopic (exact) mass is 235 g/mol. The largest absolute Gasteiger partial charge is 0.312 e. The molecule has 16 heavy (non-hydrogen) atoms. The minimum atomic E-state index is 0.711. The van der Waals surface area contributed by atoms with Crippen molar-refractivity contribution < 1.29 is 0 Å². The van der Waals surface area contributed by atoms with Crippen molar-refractivity contribution in [2.75, 3.05) is 12.8 Å². The lowest BCUT2D eigenvalue weighted by molar-refractivity contribution is 0.400. The summed E-state index contributed by atoms with van der Waals surface area (Å²) in [5.74, 6) is 0.711. The first kappa shape index (κ1) is 10.5. The van der Waals surface area contributed by atoms with Gasteiger partial charge in [0.15, 0.2) is 5.16 Å².